The number of anilines is 1. The second-order valence-electron chi connectivity index (χ2n) is 7.33. The van der Waals surface area contributed by atoms with Crippen LogP contribution in [0.1, 0.15) is 24.0 Å². The lowest BCUT2D eigenvalue weighted by molar-refractivity contribution is 0.0903. The van der Waals surface area contributed by atoms with Crippen LogP contribution in [-0.4, -0.2) is 50.6 Å². The van der Waals surface area contributed by atoms with Gasteiger partial charge in [-0.2, -0.15) is 0 Å². The highest BCUT2D eigenvalue weighted by molar-refractivity contribution is 7.80. The molecular formula is C23H30N2O4S. The summed E-state index contributed by atoms with van der Waals surface area (Å²) in [6.07, 6.45) is 2.28. The van der Waals surface area contributed by atoms with E-state index in [9.17, 15) is 0 Å². The molecule has 0 radical (unpaired) electrons. The predicted octanol–water partition coefficient (Wildman–Crippen LogP) is 4.40. The number of aryl methyl sites for hydroxylation is 1. The van der Waals surface area contributed by atoms with Crippen molar-refractivity contribution in [1.29, 1.82) is 0 Å². The van der Waals surface area contributed by atoms with Crippen LogP contribution >= 0.6 is 12.2 Å². The van der Waals surface area contributed by atoms with Gasteiger partial charge in [-0.15, -0.1) is 0 Å². The molecular weight excluding hydrogens is 400 g/mol. The maximum absolute atomic E-state index is 5.87. The van der Waals surface area contributed by atoms with Crippen LogP contribution in [0.15, 0.2) is 36.4 Å². The third-order valence-electron chi connectivity index (χ3n) is 5.19. The minimum absolute atomic E-state index is 0.161. The van der Waals surface area contributed by atoms with Gasteiger partial charge in [-0.3, -0.25) is 0 Å². The second-order valence-corrected chi connectivity index (χ2v) is 7.71. The highest BCUT2D eigenvalue weighted by Crippen LogP contribution is 2.28. The highest BCUT2D eigenvalue weighted by Gasteiger charge is 2.23. The number of nitrogens with zero attached hydrogens (tertiary/aromatic N) is 1. The maximum atomic E-state index is 5.87. The number of methoxy groups -OCH3 is 3. The molecule has 1 heterocycles. The van der Waals surface area contributed by atoms with E-state index in [1.54, 1.807) is 21.3 Å². The van der Waals surface area contributed by atoms with Crippen molar-refractivity contribution in [3.8, 4) is 17.2 Å². The summed E-state index contributed by atoms with van der Waals surface area (Å²) in [5.41, 5.74) is 2.99. The summed E-state index contributed by atoms with van der Waals surface area (Å²) in [4.78, 5) is 2.12. The molecule has 2 aromatic rings. The summed E-state index contributed by atoms with van der Waals surface area (Å²) >= 11 is 5.80. The smallest absolute Gasteiger partial charge is 0.173 e. The Morgan fingerprint density at radius 1 is 1.10 bits per heavy atom. The lowest BCUT2D eigenvalue weighted by Gasteiger charge is -2.29. The Morgan fingerprint density at radius 2 is 1.90 bits per heavy atom. The Bertz CT molecular complexity index is 868. The topological polar surface area (TPSA) is 52.2 Å². The van der Waals surface area contributed by atoms with E-state index in [-0.39, 0.29) is 6.10 Å². The lowest BCUT2D eigenvalue weighted by Crippen LogP contribution is -2.39. The zero-order valence-corrected chi connectivity index (χ0v) is 18.9. The van der Waals surface area contributed by atoms with Crippen molar-refractivity contribution in [1.82, 2.24) is 4.90 Å². The fourth-order valence-corrected chi connectivity index (χ4v) is 3.79. The first-order chi connectivity index (χ1) is 14.5. The predicted molar refractivity (Wildman–Crippen MR) is 123 cm³/mol. The maximum Gasteiger partial charge on any atom is 0.173 e. The van der Waals surface area contributed by atoms with E-state index in [4.69, 9.17) is 31.2 Å². The van der Waals surface area contributed by atoms with E-state index >= 15 is 0 Å². The fourth-order valence-electron chi connectivity index (χ4n) is 3.54. The molecule has 0 bridgehead atoms. The summed E-state index contributed by atoms with van der Waals surface area (Å²) < 4.78 is 22.3. The van der Waals surface area contributed by atoms with E-state index in [0.29, 0.717) is 18.2 Å². The Kier molecular flexibility index (Phi) is 7.76. The molecule has 1 aliphatic rings. The molecule has 7 heteroatoms. The van der Waals surface area contributed by atoms with Crippen molar-refractivity contribution >= 4 is 23.0 Å². The molecule has 0 aliphatic carbocycles. The molecule has 1 fully saturated rings. The number of benzene rings is 2. The summed E-state index contributed by atoms with van der Waals surface area (Å²) in [5, 5.41) is 3.97. The highest BCUT2D eigenvalue weighted by atomic mass is 32.1. The molecule has 2 aromatic carbocycles. The van der Waals surface area contributed by atoms with Crippen LogP contribution in [0.3, 0.4) is 0 Å². The number of nitrogens with one attached hydrogen (secondary N) is 1. The van der Waals surface area contributed by atoms with E-state index in [2.05, 4.69) is 10.2 Å². The van der Waals surface area contributed by atoms with Crippen LogP contribution in [-0.2, 0) is 11.3 Å². The van der Waals surface area contributed by atoms with E-state index in [1.807, 2.05) is 43.3 Å². The molecule has 1 unspecified atom stereocenters. The lowest BCUT2D eigenvalue weighted by atomic mass is 10.1. The quantitative estimate of drug-likeness (QED) is 0.623. The van der Waals surface area contributed by atoms with Crippen molar-refractivity contribution in [2.45, 2.75) is 32.4 Å². The minimum Gasteiger partial charge on any atom is -0.497 e. The van der Waals surface area contributed by atoms with Gasteiger partial charge in [0.05, 0.1) is 33.1 Å². The Hall–Kier alpha value is -2.51. The number of hydrogen-bond acceptors (Lipinski definition) is 5. The fraction of sp³-hybridized carbons (Fsp3) is 0.435. The SMILES string of the molecule is COc1ccc(CN(CC2CCCO2)C(=S)Nc2ccc(C)cc2OC)c(OC)c1. The molecule has 0 spiro atoms. The van der Waals surface area contributed by atoms with Crippen molar-refractivity contribution in [3.05, 3.63) is 47.5 Å². The van der Waals surface area contributed by atoms with Gasteiger partial charge in [0.1, 0.15) is 17.2 Å². The number of thiocarbonyl (C=S) groups is 1. The summed E-state index contributed by atoms with van der Waals surface area (Å²) in [6, 6.07) is 11.8. The van der Waals surface area contributed by atoms with Gasteiger partial charge in [-0.05, 0) is 61.8 Å². The first-order valence-corrected chi connectivity index (χ1v) is 10.5. The third kappa shape index (κ3) is 5.55. The normalized spacial score (nSPS) is 15.5. The molecule has 0 amide bonds. The molecule has 6 nitrogen and oxygen atoms in total. The van der Waals surface area contributed by atoms with Crippen LogP contribution < -0.4 is 19.5 Å². The molecule has 1 N–H and O–H groups in total. The second kappa shape index (κ2) is 10.5. The van der Waals surface area contributed by atoms with E-state index in [1.165, 1.54) is 0 Å². The van der Waals surface area contributed by atoms with Crippen molar-refractivity contribution in [3.63, 3.8) is 0 Å². The van der Waals surface area contributed by atoms with Gasteiger partial charge in [-0.25, -0.2) is 0 Å². The Morgan fingerprint density at radius 3 is 2.57 bits per heavy atom. The Balaban J connectivity index is 1.82. The monoisotopic (exact) mass is 430 g/mol. The van der Waals surface area contributed by atoms with Gasteiger partial charge >= 0.3 is 0 Å². The van der Waals surface area contributed by atoms with Gasteiger partial charge in [0.25, 0.3) is 0 Å². The van der Waals surface area contributed by atoms with Crippen LogP contribution in [0.2, 0.25) is 0 Å². The molecule has 30 heavy (non-hydrogen) atoms. The molecule has 1 saturated heterocycles. The molecule has 1 atom stereocenters. The molecule has 162 valence electrons. The number of hydrogen-bond donors (Lipinski definition) is 1. The molecule has 0 saturated carbocycles. The van der Waals surface area contributed by atoms with Crippen LogP contribution in [0.25, 0.3) is 0 Å². The number of ether oxygens (including phenoxy) is 4. The van der Waals surface area contributed by atoms with Crippen molar-refractivity contribution in [2.75, 3.05) is 39.8 Å². The van der Waals surface area contributed by atoms with Gasteiger partial charge in [0.15, 0.2) is 5.11 Å². The Labute approximate surface area is 184 Å². The average Bonchev–Trinajstić information content (AvgIpc) is 3.27. The van der Waals surface area contributed by atoms with E-state index in [0.717, 1.165) is 53.5 Å². The minimum atomic E-state index is 0.161. The average molecular weight is 431 g/mol. The van der Waals surface area contributed by atoms with Gasteiger partial charge < -0.3 is 29.2 Å². The molecule has 0 aromatic heterocycles. The zero-order chi connectivity index (χ0) is 21.5. The molecule has 1 aliphatic heterocycles. The van der Waals surface area contributed by atoms with Crippen molar-refractivity contribution < 1.29 is 18.9 Å². The summed E-state index contributed by atoms with van der Waals surface area (Å²) in [5.74, 6) is 2.28. The summed E-state index contributed by atoms with van der Waals surface area (Å²) in [7, 11) is 4.97. The van der Waals surface area contributed by atoms with Crippen LogP contribution in [0.5, 0.6) is 17.2 Å². The van der Waals surface area contributed by atoms with E-state index < -0.39 is 0 Å². The summed E-state index contributed by atoms with van der Waals surface area (Å²) in [6.45, 7) is 4.13. The van der Waals surface area contributed by atoms with Crippen LogP contribution in [0.4, 0.5) is 5.69 Å². The first kappa shape index (κ1) is 22.2. The van der Waals surface area contributed by atoms with Gasteiger partial charge in [0.2, 0.25) is 0 Å². The van der Waals surface area contributed by atoms with Crippen molar-refractivity contribution in [2.24, 2.45) is 0 Å². The molecule has 3 rings (SSSR count). The standard InChI is InChI=1S/C23H30N2O4S/c1-16-7-10-20(22(12-16)28-4)24-23(30)25(15-19-6-5-11-29-19)14-17-8-9-18(26-2)13-21(17)27-3/h7-10,12-13,19H,5-6,11,14-15H2,1-4H3,(H,24,30). The van der Waals surface area contributed by atoms with Crippen LogP contribution in [0, 0.1) is 6.92 Å². The largest absolute Gasteiger partial charge is 0.497 e. The number of rotatable bonds is 8. The van der Waals surface area contributed by atoms with Gasteiger partial charge in [-0.1, -0.05) is 6.07 Å². The first-order valence-electron chi connectivity index (χ1n) is 10.1. The third-order valence-corrected chi connectivity index (χ3v) is 5.55. The van der Waals surface area contributed by atoms with Gasteiger partial charge in [0, 0.05) is 31.3 Å². The zero-order valence-electron chi connectivity index (χ0n) is 18.1.